The molecule has 0 aliphatic carbocycles. The maximum atomic E-state index is 13.4. The van der Waals surface area contributed by atoms with Crippen LogP contribution >= 0.6 is 0 Å². The van der Waals surface area contributed by atoms with Crippen molar-refractivity contribution in [3.63, 3.8) is 0 Å². The molecule has 0 aliphatic heterocycles. The van der Waals surface area contributed by atoms with Gasteiger partial charge in [0, 0.05) is 5.56 Å². The van der Waals surface area contributed by atoms with Crippen LogP contribution < -0.4 is 0 Å². The van der Waals surface area contributed by atoms with Crippen molar-refractivity contribution >= 4 is 0 Å². The van der Waals surface area contributed by atoms with E-state index in [1.165, 1.54) is 11.6 Å². The molecule has 0 heterocycles. The second-order valence-corrected chi connectivity index (χ2v) is 3.46. The highest BCUT2D eigenvalue weighted by Crippen LogP contribution is 2.22. The van der Waals surface area contributed by atoms with Gasteiger partial charge in [0.15, 0.2) is 0 Å². The lowest BCUT2D eigenvalue weighted by Gasteiger charge is -2.03. The summed E-state index contributed by atoms with van der Waals surface area (Å²) in [6.07, 6.45) is 1.00. The van der Waals surface area contributed by atoms with Crippen LogP contribution in [0.4, 0.5) is 4.39 Å². The fourth-order valence-corrected chi connectivity index (χ4v) is 1.55. The number of hydrogen-bond donors (Lipinski definition) is 0. The molecule has 0 saturated heterocycles. The zero-order chi connectivity index (χ0) is 10.7. The molecule has 2 aromatic rings. The first-order valence-corrected chi connectivity index (χ1v) is 5.06. The molecule has 0 saturated carbocycles. The molecule has 0 unspecified atom stereocenters. The summed E-state index contributed by atoms with van der Waals surface area (Å²) in [4.78, 5) is 0. The first-order valence-electron chi connectivity index (χ1n) is 5.06. The van der Waals surface area contributed by atoms with Crippen molar-refractivity contribution in [2.45, 2.75) is 13.3 Å². The van der Waals surface area contributed by atoms with Gasteiger partial charge in [-0.3, -0.25) is 0 Å². The van der Waals surface area contributed by atoms with Crippen molar-refractivity contribution in [3.05, 3.63) is 59.9 Å². The Balaban J connectivity index is 2.42. The van der Waals surface area contributed by atoms with Gasteiger partial charge in [0.2, 0.25) is 0 Å². The van der Waals surface area contributed by atoms with E-state index < -0.39 is 0 Å². The summed E-state index contributed by atoms with van der Waals surface area (Å²) < 4.78 is 13.4. The van der Waals surface area contributed by atoms with Gasteiger partial charge < -0.3 is 0 Å². The SMILES string of the molecule is CCc1ccc(-c2c[c]ccc2F)cc1. The van der Waals surface area contributed by atoms with E-state index >= 15 is 0 Å². The van der Waals surface area contributed by atoms with Crippen LogP contribution in [0, 0.1) is 11.9 Å². The van der Waals surface area contributed by atoms with Gasteiger partial charge in [-0.2, -0.15) is 0 Å². The van der Waals surface area contributed by atoms with Crippen LogP contribution in [0.3, 0.4) is 0 Å². The zero-order valence-corrected chi connectivity index (χ0v) is 8.63. The van der Waals surface area contributed by atoms with Crippen molar-refractivity contribution in [1.29, 1.82) is 0 Å². The van der Waals surface area contributed by atoms with Crippen LogP contribution in [0.15, 0.2) is 42.5 Å². The summed E-state index contributed by atoms with van der Waals surface area (Å²) in [5, 5.41) is 0. The van der Waals surface area contributed by atoms with E-state index in [4.69, 9.17) is 0 Å². The number of halogens is 1. The van der Waals surface area contributed by atoms with Crippen molar-refractivity contribution in [2.75, 3.05) is 0 Å². The Hall–Kier alpha value is -1.63. The minimum Gasteiger partial charge on any atom is -0.206 e. The molecule has 15 heavy (non-hydrogen) atoms. The third-order valence-electron chi connectivity index (χ3n) is 2.48. The Bertz CT molecular complexity index is 443. The predicted octanol–water partition coefficient (Wildman–Crippen LogP) is 3.86. The second kappa shape index (κ2) is 4.26. The van der Waals surface area contributed by atoms with Crippen LogP contribution in [0.25, 0.3) is 11.1 Å². The molecule has 0 N–H and O–H groups in total. The van der Waals surface area contributed by atoms with Gasteiger partial charge in [0.1, 0.15) is 5.82 Å². The summed E-state index contributed by atoms with van der Waals surface area (Å²) in [7, 11) is 0. The second-order valence-electron chi connectivity index (χ2n) is 3.46. The van der Waals surface area contributed by atoms with Crippen molar-refractivity contribution in [3.8, 4) is 11.1 Å². The molecule has 1 heteroatoms. The first-order chi connectivity index (χ1) is 7.31. The van der Waals surface area contributed by atoms with Crippen LogP contribution in [-0.2, 0) is 6.42 Å². The van der Waals surface area contributed by atoms with E-state index in [0.29, 0.717) is 5.56 Å². The van der Waals surface area contributed by atoms with E-state index in [1.807, 2.05) is 24.3 Å². The largest absolute Gasteiger partial charge is 0.206 e. The van der Waals surface area contributed by atoms with E-state index in [0.717, 1.165) is 12.0 Å². The highest BCUT2D eigenvalue weighted by molar-refractivity contribution is 5.64. The first kappa shape index (κ1) is 9.91. The highest BCUT2D eigenvalue weighted by atomic mass is 19.1. The van der Waals surface area contributed by atoms with E-state index in [1.54, 1.807) is 12.1 Å². The average Bonchev–Trinajstić information content (AvgIpc) is 2.30. The summed E-state index contributed by atoms with van der Waals surface area (Å²) in [5.74, 6) is -0.196. The summed E-state index contributed by atoms with van der Waals surface area (Å²) in [5.41, 5.74) is 2.78. The molecule has 0 fully saturated rings. The standard InChI is InChI=1S/C14H12F/c1-2-11-7-9-12(10-8-11)13-5-3-4-6-14(13)15/h4-10H,2H2,1H3. The number of aryl methyl sites for hydroxylation is 1. The lowest BCUT2D eigenvalue weighted by atomic mass is 10.0. The lowest BCUT2D eigenvalue weighted by Crippen LogP contribution is -1.85. The van der Waals surface area contributed by atoms with E-state index in [9.17, 15) is 4.39 Å². The van der Waals surface area contributed by atoms with Crippen molar-refractivity contribution < 1.29 is 4.39 Å². The molecule has 0 atom stereocenters. The van der Waals surface area contributed by atoms with E-state index in [2.05, 4.69) is 13.0 Å². The third-order valence-corrected chi connectivity index (χ3v) is 2.48. The van der Waals surface area contributed by atoms with Gasteiger partial charge in [0.25, 0.3) is 0 Å². The van der Waals surface area contributed by atoms with Crippen LogP contribution in [0.1, 0.15) is 12.5 Å². The molecule has 0 aliphatic rings. The molecule has 2 rings (SSSR count). The fourth-order valence-electron chi connectivity index (χ4n) is 1.55. The smallest absolute Gasteiger partial charge is 0.131 e. The number of hydrogen-bond acceptors (Lipinski definition) is 0. The van der Waals surface area contributed by atoms with Gasteiger partial charge in [-0.1, -0.05) is 37.3 Å². The third kappa shape index (κ3) is 2.07. The normalized spacial score (nSPS) is 10.3. The quantitative estimate of drug-likeness (QED) is 0.689. The predicted molar refractivity (Wildman–Crippen MR) is 60.1 cm³/mol. The Labute approximate surface area is 89.4 Å². The van der Waals surface area contributed by atoms with Crippen LogP contribution in [-0.4, -0.2) is 0 Å². The molecule has 0 aromatic heterocycles. The van der Waals surface area contributed by atoms with Crippen molar-refractivity contribution in [2.24, 2.45) is 0 Å². The number of rotatable bonds is 2. The molecule has 75 valence electrons. The van der Waals surface area contributed by atoms with Gasteiger partial charge in [0.05, 0.1) is 0 Å². The fraction of sp³-hybridized carbons (Fsp3) is 0.143. The maximum Gasteiger partial charge on any atom is 0.131 e. The molecule has 0 bridgehead atoms. The monoisotopic (exact) mass is 199 g/mol. The Morgan fingerprint density at radius 3 is 2.47 bits per heavy atom. The summed E-state index contributed by atoms with van der Waals surface area (Å²) in [6, 6.07) is 15.5. The van der Waals surface area contributed by atoms with Gasteiger partial charge in [-0.15, -0.1) is 0 Å². The average molecular weight is 199 g/mol. The highest BCUT2D eigenvalue weighted by Gasteiger charge is 2.02. The Morgan fingerprint density at radius 2 is 1.87 bits per heavy atom. The number of benzene rings is 2. The van der Waals surface area contributed by atoms with Gasteiger partial charge >= 0.3 is 0 Å². The minimum atomic E-state index is -0.196. The Morgan fingerprint density at radius 1 is 1.13 bits per heavy atom. The topological polar surface area (TPSA) is 0 Å². The molecular weight excluding hydrogens is 187 g/mol. The zero-order valence-electron chi connectivity index (χ0n) is 8.63. The molecule has 0 amide bonds. The maximum absolute atomic E-state index is 13.4. The van der Waals surface area contributed by atoms with Crippen molar-refractivity contribution in [1.82, 2.24) is 0 Å². The summed E-state index contributed by atoms with van der Waals surface area (Å²) >= 11 is 0. The minimum absolute atomic E-state index is 0.196. The van der Waals surface area contributed by atoms with E-state index in [-0.39, 0.29) is 5.82 Å². The molecule has 1 radical (unpaired) electrons. The molecular formula is C14H12F. The van der Waals surface area contributed by atoms with Crippen LogP contribution in [0.2, 0.25) is 0 Å². The lowest BCUT2D eigenvalue weighted by molar-refractivity contribution is 0.631. The molecule has 0 nitrogen and oxygen atoms in total. The molecule has 2 aromatic carbocycles. The summed E-state index contributed by atoms with van der Waals surface area (Å²) in [6.45, 7) is 2.10. The molecule has 0 spiro atoms. The van der Waals surface area contributed by atoms with Gasteiger partial charge in [-0.25, -0.2) is 4.39 Å². The van der Waals surface area contributed by atoms with Crippen LogP contribution in [0.5, 0.6) is 0 Å². The Kier molecular flexibility index (Phi) is 2.82. The van der Waals surface area contributed by atoms with Gasteiger partial charge in [-0.05, 0) is 35.7 Å².